The van der Waals surface area contributed by atoms with Gasteiger partial charge in [-0.3, -0.25) is 0 Å². The molecular weight excluding hydrogens is 121 g/mol. The van der Waals surface area contributed by atoms with Crippen molar-refractivity contribution >= 4 is 0 Å². The summed E-state index contributed by atoms with van der Waals surface area (Å²) in [5.74, 6) is -1.78. The molecular formula is C4H5F3O. The minimum Gasteiger partial charge on any atom is -0.318 e. The standard InChI is InChI=1S/C4H5F3O/c1-3(5)4(6,7)8-2/h1H2,2H3. The molecule has 0 aromatic rings. The number of alkyl halides is 2. The fourth-order valence-electron chi connectivity index (χ4n) is 0.111. The van der Waals surface area contributed by atoms with Crippen LogP contribution >= 0.6 is 0 Å². The molecule has 0 aliphatic rings. The van der Waals surface area contributed by atoms with Gasteiger partial charge >= 0.3 is 6.11 Å². The Morgan fingerprint density at radius 3 is 2.00 bits per heavy atom. The summed E-state index contributed by atoms with van der Waals surface area (Å²) in [6, 6.07) is 0. The molecule has 0 rings (SSSR count). The molecule has 4 heteroatoms. The molecule has 0 fully saturated rings. The lowest BCUT2D eigenvalue weighted by Crippen LogP contribution is -2.18. The first-order chi connectivity index (χ1) is 3.50. The molecule has 1 nitrogen and oxygen atoms in total. The lowest BCUT2D eigenvalue weighted by molar-refractivity contribution is -0.201. The van der Waals surface area contributed by atoms with Crippen LogP contribution in [0.15, 0.2) is 12.4 Å². The van der Waals surface area contributed by atoms with Crippen LogP contribution in [0.1, 0.15) is 0 Å². The van der Waals surface area contributed by atoms with Gasteiger partial charge in [0.1, 0.15) is 0 Å². The molecule has 0 spiro atoms. The lowest BCUT2D eigenvalue weighted by Gasteiger charge is -2.08. The summed E-state index contributed by atoms with van der Waals surface area (Å²) in [6.45, 7) is 2.36. The van der Waals surface area contributed by atoms with E-state index in [2.05, 4.69) is 11.3 Å². The molecule has 48 valence electrons. The molecule has 8 heavy (non-hydrogen) atoms. The second-order valence-corrected chi connectivity index (χ2v) is 1.13. The second kappa shape index (κ2) is 2.17. The van der Waals surface area contributed by atoms with Gasteiger partial charge in [0.05, 0.1) is 0 Å². The highest BCUT2D eigenvalue weighted by atomic mass is 19.3. The highest BCUT2D eigenvalue weighted by molar-refractivity contribution is 4.89. The molecule has 0 heterocycles. The maximum absolute atomic E-state index is 11.6. The molecule has 0 amide bonds. The summed E-state index contributed by atoms with van der Waals surface area (Å²) in [4.78, 5) is 0. The van der Waals surface area contributed by atoms with Crippen molar-refractivity contribution in [1.82, 2.24) is 0 Å². The molecule has 0 aliphatic carbocycles. The van der Waals surface area contributed by atoms with Gasteiger partial charge in [-0.05, 0) is 0 Å². The molecule has 0 bridgehead atoms. The van der Waals surface area contributed by atoms with E-state index in [9.17, 15) is 13.2 Å². The Kier molecular flexibility index (Phi) is 2.03. The summed E-state index contributed by atoms with van der Waals surface area (Å²) in [6.07, 6.45) is -3.82. The first kappa shape index (κ1) is 7.49. The van der Waals surface area contributed by atoms with Crippen molar-refractivity contribution in [3.05, 3.63) is 12.4 Å². The smallest absolute Gasteiger partial charge is 0.318 e. The van der Waals surface area contributed by atoms with Gasteiger partial charge in [-0.25, -0.2) is 4.39 Å². The van der Waals surface area contributed by atoms with Crippen LogP contribution < -0.4 is 0 Å². The molecule has 0 aliphatic heterocycles. The van der Waals surface area contributed by atoms with E-state index in [1.165, 1.54) is 0 Å². The normalized spacial score (nSPS) is 11.5. The molecule has 0 aromatic carbocycles. The van der Waals surface area contributed by atoms with Crippen molar-refractivity contribution in [1.29, 1.82) is 0 Å². The second-order valence-electron chi connectivity index (χ2n) is 1.13. The maximum atomic E-state index is 11.6. The molecule has 0 saturated heterocycles. The van der Waals surface area contributed by atoms with Gasteiger partial charge in [0, 0.05) is 7.11 Å². The Morgan fingerprint density at radius 2 is 2.00 bits per heavy atom. The van der Waals surface area contributed by atoms with E-state index >= 15 is 0 Å². The molecule has 0 aromatic heterocycles. The Morgan fingerprint density at radius 1 is 1.62 bits per heavy atom. The maximum Gasteiger partial charge on any atom is 0.408 e. The van der Waals surface area contributed by atoms with E-state index in [4.69, 9.17) is 0 Å². The van der Waals surface area contributed by atoms with E-state index in [1.807, 2.05) is 0 Å². The van der Waals surface area contributed by atoms with E-state index in [0.29, 0.717) is 7.11 Å². The summed E-state index contributed by atoms with van der Waals surface area (Å²) in [5.41, 5.74) is 0. The van der Waals surface area contributed by atoms with Gasteiger partial charge in [-0.2, -0.15) is 8.78 Å². The molecule has 0 atom stereocenters. The van der Waals surface area contributed by atoms with E-state index in [-0.39, 0.29) is 0 Å². The SMILES string of the molecule is C=C(F)C(F)(F)OC. The number of halogens is 3. The summed E-state index contributed by atoms with van der Waals surface area (Å²) in [7, 11) is 0.699. The fourth-order valence-corrected chi connectivity index (χ4v) is 0.111. The van der Waals surface area contributed by atoms with Crippen LogP contribution in [-0.4, -0.2) is 13.2 Å². The first-order valence-corrected chi connectivity index (χ1v) is 1.78. The van der Waals surface area contributed by atoms with Gasteiger partial charge in [-0.15, -0.1) is 0 Å². The quantitative estimate of drug-likeness (QED) is 0.547. The zero-order valence-corrected chi connectivity index (χ0v) is 4.25. The number of methoxy groups -OCH3 is 1. The zero-order valence-electron chi connectivity index (χ0n) is 4.25. The van der Waals surface area contributed by atoms with Crippen LogP contribution in [0, 0.1) is 0 Å². The zero-order chi connectivity index (χ0) is 6.78. The van der Waals surface area contributed by atoms with Crippen molar-refractivity contribution in [2.24, 2.45) is 0 Å². The van der Waals surface area contributed by atoms with E-state index in [1.54, 1.807) is 0 Å². The van der Waals surface area contributed by atoms with E-state index in [0.717, 1.165) is 0 Å². The Bertz CT molecular complexity index is 99.5. The largest absolute Gasteiger partial charge is 0.408 e. The van der Waals surface area contributed by atoms with Crippen molar-refractivity contribution in [3.63, 3.8) is 0 Å². The molecule has 0 N–H and O–H groups in total. The van der Waals surface area contributed by atoms with Crippen LogP contribution in [0.4, 0.5) is 13.2 Å². The topological polar surface area (TPSA) is 9.23 Å². The molecule has 0 unspecified atom stereocenters. The number of hydrogen-bond acceptors (Lipinski definition) is 1. The van der Waals surface area contributed by atoms with E-state index < -0.39 is 11.9 Å². The first-order valence-electron chi connectivity index (χ1n) is 1.78. The third kappa shape index (κ3) is 1.54. The predicted molar refractivity (Wildman–Crippen MR) is 22.2 cm³/mol. The van der Waals surface area contributed by atoms with Crippen LogP contribution in [0.5, 0.6) is 0 Å². The number of ether oxygens (including phenoxy) is 1. The monoisotopic (exact) mass is 126 g/mol. The van der Waals surface area contributed by atoms with Crippen molar-refractivity contribution in [2.45, 2.75) is 6.11 Å². The number of rotatable bonds is 2. The minimum absolute atomic E-state index is 0.699. The summed E-state index contributed by atoms with van der Waals surface area (Å²) >= 11 is 0. The fraction of sp³-hybridized carbons (Fsp3) is 0.500. The van der Waals surface area contributed by atoms with Crippen LogP contribution in [0.25, 0.3) is 0 Å². The van der Waals surface area contributed by atoms with Gasteiger partial charge < -0.3 is 4.74 Å². The van der Waals surface area contributed by atoms with Crippen LogP contribution in [0.3, 0.4) is 0 Å². The highest BCUT2D eigenvalue weighted by Crippen LogP contribution is 2.23. The predicted octanol–water partition coefficient (Wildman–Crippen LogP) is 1.71. The van der Waals surface area contributed by atoms with Crippen LogP contribution in [0.2, 0.25) is 0 Å². The third-order valence-electron chi connectivity index (χ3n) is 0.572. The van der Waals surface area contributed by atoms with Crippen molar-refractivity contribution < 1.29 is 17.9 Å². The van der Waals surface area contributed by atoms with Gasteiger partial charge in [0.2, 0.25) is 0 Å². The van der Waals surface area contributed by atoms with Crippen molar-refractivity contribution in [2.75, 3.05) is 7.11 Å². The summed E-state index contributed by atoms with van der Waals surface area (Å²) < 4.78 is 38.0. The van der Waals surface area contributed by atoms with Crippen LogP contribution in [-0.2, 0) is 4.74 Å². The minimum atomic E-state index is -3.82. The van der Waals surface area contributed by atoms with Gasteiger partial charge in [0.15, 0.2) is 5.83 Å². The molecule has 0 saturated carbocycles. The van der Waals surface area contributed by atoms with Gasteiger partial charge in [-0.1, -0.05) is 6.58 Å². The summed E-state index contributed by atoms with van der Waals surface area (Å²) in [5, 5.41) is 0. The Balaban J connectivity index is 3.91. The van der Waals surface area contributed by atoms with Gasteiger partial charge in [0.25, 0.3) is 0 Å². The highest BCUT2D eigenvalue weighted by Gasteiger charge is 2.32. The third-order valence-corrected chi connectivity index (χ3v) is 0.572. The average molecular weight is 126 g/mol. The lowest BCUT2D eigenvalue weighted by atomic mass is 10.6. The Hall–Kier alpha value is -0.510. The number of hydrogen-bond donors (Lipinski definition) is 0. The molecule has 0 radical (unpaired) electrons. The Labute approximate surface area is 44.8 Å². The van der Waals surface area contributed by atoms with Crippen molar-refractivity contribution in [3.8, 4) is 0 Å². The average Bonchev–Trinajstić information content (AvgIpc) is 1.67.